The van der Waals surface area contributed by atoms with Gasteiger partial charge in [-0.25, -0.2) is 4.98 Å². The number of hydrogen-bond donors (Lipinski definition) is 1. The molecule has 3 rings (SSSR count). The molecule has 1 fully saturated rings. The number of anilines is 1. The molecule has 7 heteroatoms. The van der Waals surface area contributed by atoms with E-state index in [9.17, 15) is 0 Å². The molecule has 6 nitrogen and oxygen atoms in total. The predicted octanol–water partition coefficient (Wildman–Crippen LogP) is 4.68. The van der Waals surface area contributed by atoms with Gasteiger partial charge in [0.1, 0.15) is 5.82 Å². The van der Waals surface area contributed by atoms with E-state index >= 15 is 0 Å². The van der Waals surface area contributed by atoms with Crippen LogP contribution in [0.4, 0.5) is 5.69 Å². The topological polar surface area (TPSA) is 48.7 Å². The number of piperidine rings is 1. The van der Waals surface area contributed by atoms with Crippen LogP contribution >= 0.6 is 24.0 Å². The highest BCUT2D eigenvalue weighted by atomic mass is 127. The van der Waals surface area contributed by atoms with Gasteiger partial charge in [-0.1, -0.05) is 12.1 Å². The Morgan fingerprint density at radius 2 is 1.87 bits per heavy atom. The first-order chi connectivity index (χ1) is 14.7. The van der Waals surface area contributed by atoms with E-state index < -0.39 is 0 Å². The molecule has 1 aliphatic rings. The number of nitrogens with zero attached hydrogens (tertiary/aromatic N) is 5. The van der Waals surface area contributed by atoms with Crippen molar-refractivity contribution < 1.29 is 0 Å². The van der Waals surface area contributed by atoms with Crippen LogP contribution in [0.15, 0.2) is 41.7 Å². The molecule has 0 aliphatic carbocycles. The van der Waals surface area contributed by atoms with Crippen molar-refractivity contribution in [1.29, 1.82) is 0 Å². The van der Waals surface area contributed by atoms with Gasteiger partial charge in [-0.05, 0) is 63.6 Å². The summed E-state index contributed by atoms with van der Waals surface area (Å²) >= 11 is 0. The van der Waals surface area contributed by atoms with Crippen molar-refractivity contribution in [3.05, 3.63) is 48.0 Å². The average molecular weight is 539 g/mol. The average Bonchev–Trinajstić information content (AvgIpc) is 3.18. The molecule has 0 unspecified atom stereocenters. The van der Waals surface area contributed by atoms with E-state index in [0.29, 0.717) is 0 Å². The van der Waals surface area contributed by atoms with E-state index in [1.54, 1.807) is 0 Å². The summed E-state index contributed by atoms with van der Waals surface area (Å²) in [5.41, 5.74) is 2.68. The SMILES string of the molecule is CCNC(=NCCCCn1ccnc1C)N(C)Cc1ccc(N2CCCCC2)cc1.I. The Balaban J connectivity index is 0.00000341. The van der Waals surface area contributed by atoms with Gasteiger partial charge in [0.25, 0.3) is 0 Å². The third kappa shape index (κ3) is 8.01. The number of halogens is 1. The normalized spacial score (nSPS) is 14.3. The Morgan fingerprint density at radius 1 is 1.13 bits per heavy atom. The molecule has 0 saturated carbocycles. The monoisotopic (exact) mass is 538 g/mol. The van der Waals surface area contributed by atoms with Crippen LogP contribution in [0.3, 0.4) is 0 Å². The minimum Gasteiger partial charge on any atom is -0.372 e. The maximum atomic E-state index is 4.84. The van der Waals surface area contributed by atoms with Crippen LogP contribution < -0.4 is 10.2 Å². The number of nitrogens with one attached hydrogen (secondary N) is 1. The highest BCUT2D eigenvalue weighted by Gasteiger charge is 2.11. The molecular weight excluding hydrogens is 499 g/mol. The molecule has 1 saturated heterocycles. The first-order valence-electron chi connectivity index (χ1n) is 11.5. The number of benzene rings is 1. The van der Waals surface area contributed by atoms with Gasteiger partial charge in [0.2, 0.25) is 0 Å². The molecule has 0 amide bonds. The largest absolute Gasteiger partial charge is 0.372 e. The van der Waals surface area contributed by atoms with Crippen LogP contribution in [0.5, 0.6) is 0 Å². The van der Waals surface area contributed by atoms with Crippen molar-refractivity contribution in [2.75, 3.05) is 38.1 Å². The molecule has 1 aromatic carbocycles. The summed E-state index contributed by atoms with van der Waals surface area (Å²) in [5.74, 6) is 2.06. The molecule has 2 aromatic rings. The summed E-state index contributed by atoms with van der Waals surface area (Å²) in [4.78, 5) is 13.8. The Hall–Kier alpha value is -1.77. The van der Waals surface area contributed by atoms with Gasteiger partial charge in [-0.2, -0.15) is 0 Å². The summed E-state index contributed by atoms with van der Waals surface area (Å²) in [7, 11) is 2.12. The van der Waals surface area contributed by atoms with E-state index in [1.807, 2.05) is 12.4 Å². The van der Waals surface area contributed by atoms with Crippen LogP contribution in [0.2, 0.25) is 0 Å². The number of rotatable bonds is 9. The van der Waals surface area contributed by atoms with Crippen molar-refractivity contribution in [1.82, 2.24) is 19.8 Å². The number of hydrogen-bond acceptors (Lipinski definition) is 3. The van der Waals surface area contributed by atoms with Crippen LogP contribution in [0.1, 0.15) is 50.4 Å². The number of aryl methyl sites for hydroxylation is 2. The quantitative estimate of drug-likeness (QED) is 0.218. The molecule has 1 N–H and O–H groups in total. The number of aromatic nitrogens is 2. The second-order valence-electron chi connectivity index (χ2n) is 8.18. The van der Waals surface area contributed by atoms with Gasteiger partial charge >= 0.3 is 0 Å². The fourth-order valence-electron chi connectivity index (χ4n) is 4.00. The molecule has 172 valence electrons. The van der Waals surface area contributed by atoms with Crippen molar-refractivity contribution in [2.24, 2.45) is 4.99 Å². The Bertz CT molecular complexity index is 780. The Kier molecular flexibility index (Phi) is 11.2. The standard InChI is InChI=1S/C24H38N6.HI/c1-4-25-24(27-14-6-9-16-29-19-15-26-21(29)2)28(3)20-22-10-12-23(13-11-22)30-17-7-5-8-18-30;/h10-13,15,19H,4-9,14,16-18,20H2,1-3H3,(H,25,27);1H. The zero-order chi connectivity index (χ0) is 21.2. The molecule has 1 aliphatic heterocycles. The minimum atomic E-state index is 0. The third-order valence-corrected chi connectivity index (χ3v) is 5.77. The van der Waals surface area contributed by atoms with E-state index in [2.05, 4.69) is 69.8 Å². The summed E-state index contributed by atoms with van der Waals surface area (Å²) < 4.78 is 2.20. The lowest BCUT2D eigenvalue weighted by Gasteiger charge is -2.29. The molecule has 1 aromatic heterocycles. The van der Waals surface area contributed by atoms with Gasteiger partial charge in [0.15, 0.2) is 5.96 Å². The molecular formula is C24H39IN6. The van der Waals surface area contributed by atoms with Gasteiger partial charge in [0.05, 0.1) is 0 Å². The molecule has 0 spiro atoms. The summed E-state index contributed by atoms with van der Waals surface area (Å²) in [6.07, 6.45) is 10.1. The maximum absolute atomic E-state index is 4.84. The Morgan fingerprint density at radius 3 is 2.52 bits per heavy atom. The lowest BCUT2D eigenvalue weighted by molar-refractivity contribution is 0.475. The number of unbranched alkanes of at least 4 members (excludes halogenated alkanes) is 1. The van der Waals surface area contributed by atoms with Gasteiger partial charge in [-0.15, -0.1) is 24.0 Å². The first kappa shape index (κ1) is 25.5. The second kappa shape index (κ2) is 13.6. The first-order valence-corrected chi connectivity index (χ1v) is 11.5. The zero-order valence-corrected chi connectivity index (χ0v) is 21.7. The number of aliphatic imine (C=N–C) groups is 1. The van der Waals surface area contributed by atoms with Crippen molar-refractivity contribution in [2.45, 2.75) is 59.0 Å². The third-order valence-electron chi connectivity index (χ3n) is 5.77. The lowest BCUT2D eigenvalue weighted by atomic mass is 10.1. The van der Waals surface area contributed by atoms with E-state index in [-0.39, 0.29) is 24.0 Å². The second-order valence-corrected chi connectivity index (χ2v) is 8.18. The van der Waals surface area contributed by atoms with Crippen LogP contribution in [0.25, 0.3) is 0 Å². The minimum absolute atomic E-state index is 0. The van der Waals surface area contributed by atoms with Gasteiger partial charge in [-0.3, -0.25) is 4.99 Å². The van der Waals surface area contributed by atoms with E-state index in [4.69, 9.17) is 4.99 Å². The molecule has 0 bridgehead atoms. The Labute approximate surface area is 205 Å². The van der Waals surface area contributed by atoms with Crippen molar-refractivity contribution in [3.8, 4) is 0 Å². The van der Waals surface area contributed by atoms with Gasteiger partial charge < -0.3 is 19.7 Å². The summed E-state index contributed by atoms with van der Waals surface area (Å²) in [5, 5.41) is 3.43. The fraction of sp³-hybridized carbons (Fsp3) is 0.583. The summed E-state index contributed by atoms with van der Waals surface area (Å²) in [6, 6.07) is 9.07. The molecule has 31 heavy (non-hydrogen) atoms. The van der Waals surface area contributed by atoms with Crippen LogP contribution in [-0.2, 0) is 13.1 Å². The lowest BCUT2D eigenvalue weighted by Crippen LogP contribution is -2.38. The number of guanidine groups is 1. The molecule has 0 radical (unpaired) electrons. The smallest absolute Gasteiger partial charge is 0.193 e. The van der Waals surface area contributed by atoms with E-state index in [1.165, 1.54) is 43.6 Å². The van der Waals surface area contributed by atoms with Crippen LogP contribution in [0, 0.1) is 6.92 Å². The highest BCUT2D eigenvalue weighted by Crippen LogP contribution is 2.20. The van der Waals surface area contributed by atoms with Gasteiger partial charge in [0, 0.05) is 64.4 Å². The van der Waals surface area contributed by atoms with Crippen molar-refractivity contribution in [3.63, 3.8) is 0 Å². The van der Waals surface area contributed by atoms with Crippen molar-refractivity contribution >= 4 is 35.6 Å². The summed E-state index contributed by atoms with van der Waals surface area (Å²) in [6.45, 7) is 10.2. The van der Waals surface area contributed by atoms with E-state index in [0.717, 1.165) is 50.8 Å². The zero-order valence-electron chi connectivity index (χ0n) is 19.4. The predicted molar refractivity (Wildman–Crippen MR) is 142 cm³/mol. The fourth-order valence-corrected chi connectivity index (χ4v) is 4.00. The highest BCUT2D eigenvalue weighted by molar-refractivity contribution is 14.0. The molecule has 0 atom stereocenters. The van der Waals surface area contributed by atoms with Crippen LogP contribution in [-0.4, -0.2) is 53.6 Å². The maximum Gasteiger partial charge on any atom is 0.193 e. The molecule has 2 heterocycles. The number of imidazole rings is 1.